The molecule has 0 heterocycles. The Morgan fingerprint density at radius 3 is 1.62 bits per heavy atom. The number of carboxylic acid groups (broad SMARTS) is 1. The minimum atomic E-state index is -0.704. The molecule has 0 unspecified atom stereocenters. The van der Waals surface area contributed by atoms with E-state index in [1.807, 2.05) is 6.08 Å². The molecule has 0 aliphatic heterocycles. The van der Waals surface area contributed by atoms with Gasteiger partial charge in [0.15, 0.2) is 0 Å². The summed E-state index contributed by atoms with van der Waals surface area (Å²) >= 11 is 0. The van der Waals surface area contributed by atoms with Crippen LogP contribution in [0.15, 0.2) is 12.2 Å². The SMILES string of the molecule is CCCCCCCCCCCCCC/C=C/CCC(=O)O. The zero-order valence-electron chi connectivity index (χ0n) is 14.1. The van der Waals surface area contributed by atoms with E-state index in [1.54, 1.807) is 0 Å². The van der Waals surface area contributed by atoms with Crippen LogP contribution in [0.3, 0.4) is 0 Å². The lowest BCUT2D eigenvalue weighted by Crippen LogP contribution is -1.91. The fourth-order valence-electron chi connectivity index (χ4n) is 2.55. The van der Waals surface area contributed by atoms with E-state index in [9.17, 15) is 4.79 Å². The van der Waals surface area contributed by atoms with E-state index >= 15 is 0 Å². The zero-order chi connectivity index (χ0) is 15.6. The fourth-order valence-corrected chi connectivity index (χ4v) is 2.55. The molecule has 21 heavy (non-hydrogen) atoms. The number of carbonyl (C=O) groups is 1. The van der Waals surface area contributed by atoms with Crippen molar-refractivity contribution in [1.82, 2.24) is 0 Å². The topological polar surface area (TPSA) is 37.3 Å². The number of carboxylic acids is 1. The molecule has 124 valence electrons. The highest BCUT2D eigenvalue weighted by atomic mass is 16.4. The number of hydrogen-bond donors (Lipinski definition) is 1. The van der Waals surface area contributed by atoms with Crippen molar-refractivity contribution in [3.05, 3.63) is 12.2 Å². The number of hydrogen-bond acceptors (Lipinski definition) is 1. The molecule has 2 heteroatoms. The third kappa shape index (κ3) is 19.2. The summed E-state index contributed by atoms with van der Waals surface area (Å²) in [5, 5.41) is 8.49. The van der Waals surface area contributed by atoms with Crippen LogP contribution in [0.25, 0.3) is 0 Å². The normalized spacial score (nSPS) is 11.3. The Hall–Kier alpha value is -0.790. The van der Waals surface area contributed by atoms with Gasteiger partial charge in [0.2, 0.25) is 0 Å². The van der Waals surface area contributed by atoms with E-state index in [0.29, 0.717) is 6.42 Å². The van der Waals surface area contributed by atoms with Crippen LogP contribution >= 0.6 is 0 Å². The van der Waals surface area contributed by atoms with E-state index in [4.69, 9.17) is 5.11 Å². The molecule has 2 nitrogen and oxygen atoms in total. The van der Waals surface area contributed by atoms with Crippen molar-refractivity contribution in [1.29, 1.82) is 0 Å². The molecular formula is C19H36O2. The second-order valence-electron chi connectivity index (χ2n) is 6.08. The van der Waals surface area contributed by atoms with Crippen molar-refractivity contribution >= 4 is 5.97 Å². The molecule has 0 amide bonds. The van der Waals surface area contributed by atoms with Crippen LogP contribution in [0, 0.1) is 0 Å². The van der Waals surface area contributed by atoms with Crippen molar-refractivity contribution in [2.45, 2.75) is 103 Å². The van der Waals surface area contributed by atoms with Crippen molar-refractivity contribution in [3.8, 4) is 0 Å². The van der Waals surface area contributed by atoms with E-state index in [0.717, 1.165) is 6.42 Å². The van der Waals surface area contributed by atoms with Crippen LogP contribution < -0.4 is 0 Å². The highest BCUT2D eigenvalue weighted by molar-refractivity contribution is 5.66. The maximum Gasteiger partial charge on any atom is 0.303 e. The molecule has 0 aromatic rings. The van der Waals surface area contributed by atoms with Gasteiger partial charge < -0.3 is 5.11 Å². The molecule has 0 aliphatic rings. The highest BCUT2D eigenvalue weighted by Gasteiger charge is 1.93. The summed E-state index contributed by atoms with van der Waals surface area (Å²) in [7, 11) is 0. The lowest BCUT2D eigenvalue weighted by molar-refractivity contribution is -0.136. The summed E-state index contributed by atoms with van der Waals surface area (Å²) in [4.78, 5) is 10.3. The van der Waals surface area contributed by atoms with Crippen molar-refractivity contribution < 1.29 is 9.90 Å². The van der Waals surface area contributed by atoms with Crippen LogP contribution in [0.5, 0.6) is 0 Å². The van der Waals surface area contributed by atoms with Gasteiger partial charge in [-0.15, -0.1) is 0 Å². The van der Waals surface area contributed by atoms with Crippen LogP contribution in [-0.2, 0) is 4.79 Å². The molecular weight excluding hydrogens is 260 g/mol. The summed E-state index contributed by atoms with van der Waals surface area (Å²) in [5.74, 6) is -0.704. The average molecular weight is 296 g/mol. The molecule has 0 aliphatic carbocycles. The van der Waals surface area contributed by atoms with Gasteiger partial charge in [0.25, 0.3) is 0 Å². The first-order valence-electron chi connectivity index (χ1n) is 9.14. The molecule has 0 saturated heterocycles. The Labute approximate surface area is 132 Å². The monoisotopic (exact) mass is 296 g/mol. The summed E-state index contributed by atoms with van der Waals surface area (Å²) in [5.41, 5.74) is 0. The van der Waals surface area contributed by atoms with E-state index in [-0.39, 0.29) is 6.42 Å². The summed E-state index contributed by atoms with van der Waals surface area (Å²) in [6.07, 6.45) is 22.8. The van der Waals surface area contributed by atoms with Gasteiger partial charge in [-0.1, -0.05) is 89.7 Å². The highest BCUT2D eigenvalue weighted by Crippen LogP contribution is 2.12. The van der Waals surface area contributed by atoms with Crippen molar-refractivity contribution in [3.63, 3.8) is 0 Å². The van der Waals surface area contributed by atoms with Gasteiger partial charge in [-0.3, -0.25) is 4.79 Å². The minimum Gasteiger partial charge on any atom is -0.481 e. The molecule has 0 radical (unpaired) electrons. The summed E-state index contributed by atoms with van der Waals surface area (Å²) in [6, 6.07) is 0. The molecule has 0 fully saturated rings. The quantitative estimate of drug-likeness (QED) is 0.261. The number of aliphatic carboxylic acids is 1. The maximum atomic E-state index is 10.3. The molecule has 0 aromatic heterocycles. The predicted octanol–water partition coefficient (Wildman–Crippen LogP) is 6.50. The number of unbranched alkanes of at least 4 members (excludes halogenated alkanes) is 12. The Morgan fingerprint density at radius 2 is 1.14 bits per heavy atom. The lowest BCUT2D eigenvalue weighted by atomic mass is 10.0. The molecule has 0 atom stereocenters. The van der Waals surface area contributed by atoms with Gasteiger partial charge in [0.1, 0.15) is 0 Å². The second kappa shape index (κ2) is 17.3. The first kappa shape index (κ1) is 20.2. The Bertz CT molecular complexity index is 246. The van der Waals surface area contributed by atoms with E-state index < -0.39 is 5.97 Å². The van der Waals surface area contributed by atoms with E-state index in [2.05, 4.69) is 13.0 Å². The molecule has 0 rings (SSSR count). The number of allylic oxidation sites excluding steroid dienone is 2. The lowest BCUT2D eigenvalue weighted by Gasteiger charge is -2.02. The van der Waals surface area contributed by atoms with Gasteiger partial charge >= 0.3 is 5.97 Å². The van der Waals surface area contributed by atoms with Gasteiger partial charge in [-0.25, -0.2) is 0 Å². The summed E-state index contributed by atoms with van der Waals surface area (Å²) < 4.78 is 0. The van der Waals surface area contributed by atoms with Crippen LogP contribution in [0.1, 0.15) is 103 Å². The van der Waals surface area contributed by atoms with Crippen molar-refractivity contribution in [2.75, 3.05) is 0 Å². The van der Waals surface area contributed by atoms with Crippen LogP contribution in [0.4, 0.5) is 0 Å². The molecule has 0 bridgehead atoms. The van der Waals surface area contributed by atoms with E-state index in [1.165, 1.54) is 77.0 Å². The Morgan fingerprint density at radius 1 is 0.714 bits per heavy atom. The molecule has 0 aromatic carbocycles. The third-order valence-electron chi connectivity index (χ3n) is 3.92. The zero-order valence-corrected chi connectivity index (χ0v) is 14.1. The summed E-state index contributed by atoms with van der Waals surface area (Å²) in [6.45, 7) is 2.27. The maximum absolute atomic E-state index is 10.3. The largest absolute Gasteiger partial charge is 0.481 e. The smallest absolute Gasteiger partial charge is 0.303 e. The fraction of sp³-hybridized carbons (Fsp3) is 0.842. The standard InChI is InChI=1S/C19H36O2/c1-2-3-4-5-6-7-8-9-10-11-12-13-14-15-16-17-18-19(20)21/h15-16H,2-14,17-18H2,1H3,(H,20,21)/b16-15+. The predicted molar refractivity (Wildman–Crippen MR) is 91.7 cm³/mol. The third-order valence-corrected chi connectivity index (χ3v) is 3.92. The second-order valence-corrected chi connectivity index (χ2v) is 6.08. The van der Waals surface area contributed by atoms with Gasteiger partial charge in [-0.05, 0) is 19.3 Å². The Balaban J connectivity index is 3.04. The average Bonchev–Trinajstić information content (AvgIpc) is 2.46. The van der Waals surface area contributed by atoms with Crippen molar-refractivity contribution in [2.24, 2.45) is 0 Å². The molecule has 1 N–H and O–H groups in total. The van der Waals surface area contributed by atoms with Crippen LogP contribution in [0.2, 0.25) is 0 Å². The van der Waals surface area contributed by atoms with Crippen LogP contribution in [-0.4, -0.2) is 11.1 Å². The minimum absolute atomic E-state index is 0.259. The van der Waals surface area contributed by atoms with Gasteiger partial charge in [-0.2, -0.15) is 0 Å². The molecule has 0 spiro atoms. The first-order valence-corrected chi connectivity index (χ1v) is 9.14. The van der Waals surface area contributed by atoms with Gasteiger partial charge in [0, 0.05) is 6.42 Å². The first-order chi connectivity index (χ1) is 10.3. The number of rotatable bonds is 16. The Kier molecular flexibility index (Phi) is 16.6. The van der Waals surface area contributed by atoms with Gasteiger partial charge in [0.05, 0.1) is 0 Å². The molecule has 0 saturated carbocycles.